The molecule has 322 valence electrons. The van der Waals surface area contributed by atoms with E-state index in [1.54, 1.807) is 0 Å². The highest BCUT2D eigenvalue weighted by Crippen LogP contribution is 2.63. The molecule has 2 nitrogen and oxygen atoms in total. The van der Waals surface area contributed by atoms with Crippen molar-refractivity contribution < 1.29 is 0 Å². The van der Waals surface area contributed by atoms with E-state index in [9.17, 15) is 0 Å². The third kappa shape index (κ3) is 7.24. The molecule has 1 atom stereocenters. The molecule has 3 aliphatic carbocycles. The van der Waals surface area contributed by atoms with Crippen LogP contribution in [0, 0.1) is 0 Å². The SMILES string of the molecule is C1=CC(N(c2ccccc2)c2ccccc2)=CCC=C1C=Cc1ccc2c(c1)C1(c3ccccc3-2)c2ccccc2-c2ccc(C=Cc3ccc(N(c4ccccc4)c4ccccc4)cc3)cc21. The Bertz CT molecular complexity index is 3360. The van der Waals surface area contributed by atoms with Crippen LogP contribution in [-0.4, -0.2) is 0 Å². The summed E-state index contributed by atoms with van der Waals surface area (Å²) in [6.45, 7) is 0. The predicted molar refractivity (Wildman–Crippen MR) is 287 cm³/mol. The van der Waals surface area contributed by atoms with Crippen LogP contribution >= 0.6 is 0 Å². The number of fused-ring (bicyclic) bond motifs is 10. The monoisotopic (exact) mass is 868 g/mol. The lowest BCUT2D eigenvalue weighted by Gasteiger charge is -2.30. The normalized spacial score (nSPS) is 15.4. The van der Waals surface area contributed by atoms with Gasteiger partial charge in [0.05, 0.1) is 5.41 Å². The van der Waals surface area contributed by atoms with Crippen LogP contribution in [0.4, 0.5) is 28.4 Å². The molecule has 2 heteroatoms. The van der Waals surface area contributed by atoms with Crippen LogP contribution in [0.2, 0.25) is 0 Å². The first-order valence-corrected chi connectivity index (χ1v) is 23.6. The fourth-order valence-corrected chi connectivity index (χ4v) is 10.6. The van der Waals surface area contributed by atoms with Gasteiger partial charge in [0.15, 0.2) is 0 Å². The van der Waals surface area contributed by atoms with Gasteiger partial charge in [0.1, 0.15) is 0 Å². The first-order chi connectivity index (χ1) is 33.7. The van der Waals surface area contributed by atoms with Gasteiger partial charge in [0.25, 0.3) is 0 Å². The Hall–Kier alpha value is -8.72. The summed E-state index contributed by atoms with van der Waals surface area (Å²) in [4.78, 5) is 4.63. The van der Waals surface area contributed by atoms with E-state index in [0.29, 0.717) is 0 Å². The molecule has 0 saturated carbocycles. The lowest BCUT2D eigenvalue weighted by molar-refractivity contribution is 0.793. The standard InChI is InChI=1S/C66H48N2/c1-5-19-52(20-6-1)67(53-21-7-2-8-22-53)56-27-17-18-48(36-41-56)32-34-50-39-44-60-58-28-13-15-30-62(58)66(64(60)46-50)63-31-16-14-29-59(63)61-45-40-51(47-65(61)66)35-33-49-37-42-57(43-38-49)68(54-23-9-3-10-24-54)55-25-11-4-12-26-55/h1-16,18-47H,17H2. The fourth-order valence-electron chi connectivity index (χ4n) is 10.6. The lowest BCUT2D eigenvalue weighted by atomic mass is 9.70. The second-order valence-corrected chi connectivity index (χ2v) is 17.6. The van der Waals surface area contributed by atoms with E-state index in [4.69, 9.17) is 0 Å². The van der Waals surface area contributed by atoms with Gasteiger partial charge in [-0.3, -0.25) is 0 Å². The first-order valence-electron chi connectivity index (χ1n) is 23.6. The Morgan fingerprint density at radius 2 is 0.706 bits per heavy atom. The largest absolute Gasteiger partial charge is 0.311 e. The summed E-state index contributed by atoms with van der Waals surface area (Å²) in [7, 11) is 0. The second-order valence-electron chi connectivity index (χ2n) is 17.6. The molecule has 12 rings (SSSR count). The highest BCUT2D eigenvalue weighted by Gasteiger charge is 2.51. The van der Waals surface area contributed by atoms with Crippen LogP contribution < -0.4 is 9.80 Å². The second kappa shape index (κ2) is 17.6. The zero-order valence-corrected chi connectivity index (χ0v) is 37.7. The highest BCUT2D eigenvalue weighted by atomic mass is 15.1. The van der Waals surface area contributed by atoms with Crippen LogP contribution in [0.5, 0.6) is 0 Å². The summed E-state index contributed by atoms with van der Waals surface area (Å²) >= 11 is 0. The van der Waals surface area contributed by atoms with Crippen LogP contribution in [0.25, 0.3) is 40.5 Å². The molecular weight excluding hydrogens is 821 g/mol. The Morgan fingerprint density at radius 3 is 1.22 bits per heavy atom. The number of rotatable bonds is 10. The zero-order valence-electron chi connectivity index (χ0n) is 37.7. The number of allylic oxidation sites excluding steroid dienone is 6. The van der Waals surface area contributed by atoms with Crippen molar-refractivity contribution in [2.45, 2.75) is 11.8 Å². The van der Waals surface area contributed by atoms with Gasteiger partial charge in [-0.1, -0.05) is 200 Å². The number of hydrogen-bond acceptors (Lipinski definition) is 2. The van der Waals surface area contributed by atoms with Crippen molar-refractivity contribution >= 4 is 46.7 Å². The van der Waals surface area contributed by atoms with Gasteiger partial charge in [-0.05, 0) is 152 Å². The van der Waals surface area contributed by atoms with E-state index in [1.165, 1.54) is 61.2 Å². The van der Waals surface area contributed by atoms with E-state index in [0.717, 1.165) is 46.1 Å². The van der Waals surface area contributed by atoms with E-state index in [2.05, 4.69) is 289 Å². The van der Waals surface area contributed by atoms with E-state index in [-0.39, 0.29) is 0 Å². The summed E-state index contributed by atoms with van der Waals surface area (Å²) in [5, 5.41) is 0. The summed E-state index contributed by atoms with van der Waals surface area (Å²) in [5.74, 6) is 0. The Balaban J connectivity index is 0.877. The minimum atomic E-state index is -0.454. The summed E-state index contributed by atoms with van der Waals surface area (Å²) in [6.07, 6.45) is 19.0. The molecule has 1 unspecified atom stereocenters. The van der Waals surface area contributed by atoms with Gasteiger partial charge in [-0.2, -0.15) is 0 Å². The van der Waals surface area contributed by atoms with E-state index < -0.39 is 5.41 Å². The maximum atomic E-state index is 2.45. The van der Waals surface area contributed by atoms with Crippen molar-refractivity contribution in [3.63, 3.8) is 0 Å². The van der Waals surface area contributed by atoms with Gasteiger partial charge in [0, 0.05) is 34.1 Å². The smallest absolute Gasteiger partial charge is 0.0725 e. The molecule has 0 saturated heterocycles. The van der Waals surface area contributed by atoms with Gasteiger partial charge >= 0.3 is 0 Å². The Kier molecular flexibility index (Phi) is 10.5. The molecule has 0 aliphatic heterocycles. The summed E-state index contributed by atoms with van der Waals surface area (Å²) in [5.41, 5.74) is 21.6. The Labute approximate surface area is 399 Å². The van der Waals surface area contributed by atoms with Gasteiger partial charge in [-0.15, -0.1) is 0 Å². The quantitative estimate of drug-likeness (QED) is 0.126. The first kappa shape index (κ1) is 40.8. The van der Waals surface area contributed by atoms with Crippen LogP contribution in [0.15, 0.2) is 272 Å². The molecule has 9 aromatic rings. The molecule has 0 heterocycles. The zero-order chi connectivity index (χ0) is 45.3. The molecule has 3 aliphatic rings. The van der Waals surface area contributed by atoms with Crippen molar-refractivity contribution in [2.24, 2.45) is 0 Å². The van der Waals surface area contributed by atoms with Crippen molar-refractivity contribution in [3.05, 3.63) is 311 Å². The molecular formula is C66H48N2. The molecule has 1 spiro atoms. The Morgan fingerprint density at radius 1 is 0.309 bits per heavy atom. The minimum absolute atomic E-state index is 0.454. The number of hydrogen-bond donors (Lipinski definition) is 0. The number of para-hydroxylation sites is 4. The average Bonchev–Trinajstić information content (AvgIpc) is 3.73. The van der Waals surface area contributed by atoms with Gasteiger partial charge in [-0.25, -0.2) is 0 Å². The van der Waals surface area contributed by atoms with E-state index in [1.807, 2.05) is 0 Å². The molecule has 9 aromatic carbocycles. The third-order valence-electron chi connectivity index (χ3n) is 13.7. The molecule has 0 bridgehead atoms. The van der Waals surface area contributed by atoms with Gasteiger partial charge in [0.2, 0.25) is 0 Å². The average molecular weight is 869 g/mol. The van der Waals surface area contributed by atoms with Gasteiger partial charge < -0.3 is 9.80 Å². The van der Waals surface area contributed by atoms with Crippen molar-refractivity contribution in [1.29, 1.82) is 0 Å². The topological polar surface area (TPSA) is 6.48 Å². The maximum Gasteiger partial charge on any atom is 0.0725 e. The third-order valence-corrected chi connectivity index (χ3v) is 13.7. The minimum Gasteiger partial charge on any atom is -0.311 e. The highest BCUT2D eigenvalue weighted by molar-refractivity contribution is 5.96. The van der Waals surface area contributed by atoms with Crippen molar-refractivity contribution in [3.8, 4) is 22.3 Å². The molecule has 0 amide bonds. The number of anilines is 5. The lowest BCUT2D eigenvalue weighted by Crippen LogP contribution is -2.26. The fraction of sp³-hybridized carbons (Fsp3) is 0.0303. The molecule has 0 aromatic heterocycles. The van der Waals surface area contributed by atoms with Crippen LogP contribution in [-0.2, 0) is 5.41 Å². The van der Waals surface area contributed by atoms with Crippen LogP contribution in [0.3, 0.4) is 0 Å². The van der Waals surface area contributed by atoms with Crippen LogP contribution in [0.1, 0.15) is 45.4 Å². The predicted octanol–water partition coefficient (Wildman–Crippen LogP) is 17.3. The van der Waals surface area contributed by atoms with E-state index >= 15 is 0 Å². The molecule has 0 radical (unpaired) electrons. The number of nitrogens with zero attached hydrogens (tertiary/aromatic N) is 2. The number of benzene rings is 9. The maximum absolute atomic E-state index is 2.45. The van der Waals surface area contributed by atoms with Crippen molar-refractivity contribution in [1.82, 2.24) is 0 Å². The summed E-state index contributed by atoms with van der Waals surface area (Å²) < 4.78 is 0. The molecule has 68 heavy (non-hydrogen) atoms. The summed E-state index contributed by atoms with van der Waals surface area (Å²) in [6, 6.07) is 83.5. The molecule has 0 fully saturated rings. The molecule has 0 N–H and O–H groups in total. The van der Waals surface area contributed by atoms with Crippen molar-refractivity contribution in [2.75, 3.05) is 9.80 Å².